The third-order valence-corrected chi connectivity index (χ3v) is 9.61. The summed E-state index contributed by atoms with van der Waals surface area (Å²) in [6.07, 6.45) is -0.910. The molecule has 45 heavy (non-hydrogen) atoms. The van der Waals surface area contributed by atoms with Crippen molar-refractivity contribution in [1.29, 1.82) is 5.26 Å². The number of morpholine rings is 1. The largest absolute Gasteiger partial charge is 0.477 e. The van der Waals surface area contributed by atoms with Crippen LogP contribution in [0.1, 0.15) is 36.1 Å². The Hall–Kier alpha value is -3.71. The van der Waals surface area contributed by atoms with Crippen LogP contribution in [0.25, 0.3) is 10.1 Å². The zero-order valence-corrected chi connectivity index (χ0v) is 25.6. The summed E-state index contributed by atoms with van der Waals surface area (Å²) in [5, 5.41) is 16.2. The fraction of sp³-hybridized carbons (Fsp3) is 0.485. The minimum absolute atomic E-state index is 0.0314. The van der Waals surface area contributed by atoms with Crippen LogP contribution in [0.5, 0.6) is 5.75 Å². The Morgan fingerprint density at radius 1 is 1.04 bits per heavy atom. The van der Waals surface area contributed by atoms with E-state index < -0.39 is 18.4 Å². The molecule has 0 unspecified atom stereocenters. The molecule has 7 nitrogen and oxygen atoms in total. The minimum atomic E-state index is -4.39. The van der Waals surface area contributed by atoms with Gasteiger partial charge in [0.25, 0.3) is 0 Å². The first-order chi connectivity index (χ1) is 21.8. The first-order valence-electron chi connectivity index (χ1n) is 15.3. The zero-order chi connectivity index (χ0) is 31.4. The van der Waals surface area contributed by atoms with E-state index in [2.05, 4.69) is 27.4 Å². The number of halogens is 4. The molecule has 12 heteroatoms. The predicted molar refractivity (Wildman–Crippen MR) is 169 cm³/mol. The van der Waals surface area contributed by atoms with Gasteiger partial charge in [-0.15, -0.1) is 11.3 Å². The SMILES string of the molecule is N#CCOc1cc(N2CCOCC2)c(F)cc1NCC#Cc1sc2c(NC3CCN(C4CC4)CC3)cccc2c1CC(F)(F)F. The number of rotatable bonds is 9. The Labute approximate surface area is 264 Å². The smallest absolute Gasteiger partial charge is 0.393 e. The van der Waals surface area contributed by atoms with Gasteiger partial charge in [-0.3, -0.25) is 0 Å². The van der Waals surface area contributed by atoms with E-state index in [4.69, 9.17) is 14.7 Å². The lowest BCUT2D eigenvalue weighted by molar-refractivity contribution is -0.126. The van der Waals surface area contributed by atoms with Gasteiger partial charge in [0.15, 0.2) is 6.61 Å². The molecule has 6 rings (SSSR count). The first kappa shape index (κ1) is 31.3. The lowest BCUT2D eigenvalue weighted by Crippen LogP contribution is -2.40. The van der Waals surface area contributed by atoms with Crippen LogP contribution in [0, 0.1) is 29.0 Å². The quantitative estimate of drug-likeness (QED) is 0.207. The van der Waals surface area contributed by atoms with Gasteiger partial charge in [-0.1, -0.05) is 24.0 Å². The molecule has 3 aromatic rings. The highest BCUT2D eigenvalue weighted by atomic mass is 32.1. The fourth-order valence-corrected chi connectivity index (χ4v) is 7.22. The Balaban J connectivity index is 1.21. The fourth-order valence-electron chi connectivity index (χ4n) is 6.05. The lowest BCUT2D eigenvalue weighted by atomic mass is 10.0. The van der Waals surface area contributed by atoms with Crippen molar-refractivity contribution in [2.24, 2.45) is 0 Å². The Morgan fingerprint density at radius 2 is 1.82 bits per heavy atom. The Morgan fingerprint density at radius 3 is 2.53 bits per heavy atom. The van der Waals surface area contributed by atoms with Crippen LogP contribution in [0.2, 0.25) is 0 Å². The van der Waals surface area contributed by atoms with Crippen molar-refractivity contribution in [2.75, 3.05) is 68.1 Å². The van der Waals surface area contributed by atoms with E-state index in [1.165, 1.54) is 30.2 Å². The summed E-state index contributed by atoms with van der Waals surface area (Å²) < 4.78 is 67.9. The molecule has 2 N–H and O–H groups in total. The topological polar surface area (TPSA) is 72.8 Å². The molecule has 3 aliphatic rings. The first-order valence-corrected chi connectivity index (χ1v) is 16.1. The van der Waals surface area contributed by atoms with Gasteiger partial charge in [-0.2, -0.15) is 18.4 Å². The van der Waals surface area contributed by atoms with Gasteiger partial charge in [0.2, 0.25) is 0 Å². The van der Waals surface area contributed by atoms with Crippen molar-refractivity contribution in [3.63, 3.8) is 0 Å². The molecular formula is C33H35F4N5O2S. The Kier molecular flexibility index (Phi) is 9.55. The second-order valence-corrected chi connectivity index (χ2v) is 12.6. The summed E-state index contributed by atoms with van der Waals surface area (Å²) in [7, 11) is 0. The zero-order valence-electron chi connectivity index (χ0n) is 24.8. The van der Waals surface area contributed by atoms with Gasteiger partial charge < -0.3 is 29.9 Å². The van der Waals surface area contributed by atoms with Crippen LogP contribution in [0.3, 0.4) is 0 Å². The van der Waals surface area contributed by atoms with Gasteiger partial charge >= 0.3 is 6.18 Å². The second-order valence-electron chi connectivity index (χ2n) is 11.6. The highest BCUT2D eigenvalue weighted by molar-refractivity contribution is 7.20. The van der Waals surface area contributed by atoms with E-state index in [1.807, 2.05) is 17.0 Å². The van der Waals surface area contributed by atoms with Crippen LogP contribution in [-0.2, 0) is 11.2 Å². The van der Waals surface area contributed by atoms with Gasteiger partial charge in [-0.05, 0) is 42.7 Å². The molecule has 1 aliphatic carbocycles. The average Bonchev–Trinajstić information content (AvgIpc) is 3.82. The summed E-state index contributed by atoms with van der Waals surface area (Å²) in [6.45, 7) is 3.89. The van der Waals surface area contributed by atoms with Crippen molar-refractivity contribution in [1.82, 2.24) is 4.90 Å². The van der Waals surface area contributed by atoms with Gasteiger partial charge in [0.05, 0.1) is 52.8 Å². The molecule has 0 bridgehead atoms. The van der Waals surface area contributed by atoms with E-state index in [-0.39, 0.29) is 24.8 Å². The highest BCUT2D eigenvalue weighted by Gasteiger charge is 2.33. The van der Waals surface area contributed by atoms with Crippen LogP contribution in [0.15, 0.2) is 30.3 Å². The van der Waals surface area contributed by atoms with E-state index >= 15 is 4.39 Å². The van der Waals surface area contributed by atoms with E-state index in [9.17, 15) is 13.2 Å². The number of piperidine rings is 1. The number of thiophene rings is 1. The number of hydrogen-bond donors (Lipinski definition) is 2. The predicted octanol–water partition coefficient (Wildman–Crippen LogP) is 6.39. The summed E-state index contributed by atoms with van der Waals surface area (Å²) in [5.41, 5.74) is 1.66. The molecule has 1 saturated carbocycles. The standard InChI is InChI=1S/C33H35F4N5O2S/c34-26-19-28(30(44-16-10-38)20-29(26)42-14-17-43-18-15-42)39-11-2-5-31-25(21-33(35,36)37)24-3-1-4-27(32(24)45-31)40-22-8-12-41(13-9-22)23-6-7-23/h1,3-4,19-20,22-23,39-40H,6-9,11-18,21H2. The van der Waals surface area contributed by atoms with Crippen molar-refractivity contribution in [2.45, 2.75) is 50.4 Å². The third kappa shape index (κ3) is 7.75. The van der Waals surface area contributed by atoms with Crippen LogP contribution < -0.4 is 20.3 Å². The van der Waals surface area contributed by atoms with Crippen molar-refractivity contribution in [3.05, 3.63) is 46.6 Å². The van der Waals surface area contributed by atoms with Crippen LogP contribution in [-0.4, -0.2) is 75.7 Å². The minimum Gasteiger partial charge on any atom is -0.477 e. The molecule has 0 spiro atoms. The van der Waals surface area contributed by atoms with Crippen molar-refractivity contribution >= 4 is 38.5 Å². The van der Waals surface area contributed by atoms with Crippen molar-refractivity contribution in [3.8, 4) is 23.7 Å². The number of ether oxygens (including phenoxy) is 2. The number of fused-ring (bicyclic) bond motifs is 1. The average molecular weight is 642 g/mol. The number of anilines is 3. The molecule has 2 aliphatic heterocycles. The number of benzene rings is 2. The third-order valence-electron chi connectivity index (χ3n) is 8.41. The highest BCUT2D eigenvalue weighted by Crippen LogP contribution is 2.40. The van der Waals surface area contributed by atoms with Crippen molar-refractivity contribution < 1.29 is 27.0 Å². The maximum atomic E-state index is 15.1. The normalized spacial score (nSPS) is 17.9. The molecule has 238 valence electrons. The molecule has 3 heterocycles. The summed E-state index contributed by atoms with van der Waals surface area (Å²) in [4.78, 5) is 4.75. The molecule has 0 amide bonds. The maximum absolute atomic E-state index is 15.1. The summed E-state index contributed by atoms with van der Waals surface area (Å²) in [6, 6.07) is 11.2. The maximum Gasteiger partial charge on any atom is 0.393 e. The lowest BCUT2D eigenvalue weighted by Gasteiger charge is -2.33. The molecule has 3 fully saturated rings. The monoisotopic (exact) mass is 641 g/mol. The molecular weight excluding hydrogens is 606 g/mol. The molecule has 2 aromatic carbocycles. The number of nitriles is 1. The summed E-state index contributed by atoms with van der Waals surface area (Å²) >= 11 is 1.27. The van der Waals surface area contributed by atoms with E-state index in [1.54, 1.807) is 18.2 Å². The number of nitrogens with one attached hydrogen (secondary N) is 2. The molecule has 2 saturated heterocycles. The Bertz CT molecular complexity index is 1610. The van der Waals surface area contributed by atoms with Gasteiger partial charge in [-0.25, -0.2) is 4.39 Å². The number of nitrogens with zero attached hydrogens (tertiary/aromatic N) is 3. The number of alkyl halides is 3. The van der Waals surface area contributed by atoms with Gasteiger partial charge in [0, 0.05) is 50.4 Å². The van der Waals surface area contributed by atoms with Crippen LogP contribution >= 0.6 is 11.3 Å². The van der Waals surface area contributed by atoms with E-state index in [0.29, 0.717) is 53.7 Å². The van der Waals surface area contributed by atoms with E-state index in [0.717, 1.165) is 42.4 Å². The molecule has 0 atom stereocenters. The van der Waals surface area contributed by atoms with Gasteiger partial charge in [0.1, 0.15) is 17.6 Å². The second kappa shape index (κ2) is 13.7. The number of likely N-dealkylation sites (tertiary alicyclic amines) is 1. The summed E-state index contributed by atoms with van der Waals surface area (Å²) in [5.74, 6) is 5.71. The molecule has 0 radical (unpaired) electrons. The number of hydrogen-bond acceptors (Lipinski definition) is 8. The van der Waals surface area contributed by atoms with Crippen LogP contribution in [0.4, 0.5) is 34.6 Å². The molecule has 1 aromatic heterocycles.